The van der Waals surface area contributed by atoms with Gasteiger partial charge in [-0.3, -0.25) is 4.79 Å². The van der Waals surface area contributed by atoms with Crippen LogP contribution in [0.2, 0.25) is 5.02 Å². The van der Waals surface area contributed by atoms with E-state index in [9.17, 15) is 9.59 Å². The molecule has 34 heavy (non-hydrogen) atoms. The Labute approximate surface area is 218 Å². The zero-order valence-corrected chi connectivity index (χ0v) is 22.8. The number of hydrogen-bond acceptors (Lipinski definition) is 7. The lowest BCUT2D eigenvalue weighted by molar-refractivity contribution is -0.149. The summed E-state index contributed by atoms with van der Waals surface area (Å²) < 4.78 is 18.5. The zero-order chi connectivity index (χ0) is 25.0. The molecule has 0 N–H and O–H groups in total. The highest BCUT2D eigenvalue weighted by Crippen LogP contribution is 2.42. The largest absolute Gasteiger partial charge is 0.493 e. The molecule has 0 atom stereocenters. The van der Waals surface area contributed by atoms with E-state index in [-0.39, 0.29) is 34.8 Å². The van der Waals surface area contributed by atoms with Gasteiger partial charge in [-0.2, -0.15) is 9.78 Å². The maximum Gasteiger partial charge on any atom is 0.344 e. The third-order valence-electron chi connectivity index (χ3n) is 4.58. The van der Waals surface area contributed by atoms with Crippen molar-refractivity contribution in [2.24, 2.45) is 5.10 Å². The molecular weight excluding hydrogens is 594 g/mol. The van der Waals surface area contributed by atoms with Crippen LogP contribution >= 0.6 is 43.5 Å². The lowest BCUT2D eigenvalue weighted by atomic mass is 10.2. The molecule has 11 heteroatoms. The Kier molecular flexibility index (Phi) is 8.72. The average Bonchev–Trinajstić information content (AvgIpc) is 2.79. The zero-order valence-electron chi connectivity index (χ0n) is 18.9. The minimum absolute atomic E-state index is 0.178. The SMILES string of the molecule is CCc1nc2ccc(Br)cc2c(=O)n1N=Cc1cc(OC)c(OCC(=O)OC(C)C)c(Cl)c1Br. The minimum atomic E-state index is -0.531. The van der Waals surface area contributed by atoms with Gasteiger partial charge in [0.15, 0.2) is 18.1 Å². The summed E-state index contributed by atoms with van der Waals surface area (Å²) in [7, 11) is 1.45. The van der Waals surface area contributed by atoms with Crippen LogP contribution in [0.25, 0.3) is 10.9 Å². The Morgan fingerprint density at radius 2 is 2.03 bits per heavy atom. The molecule has 1 aromatic heterocycles. The van der Waals surface area contributed by atoms with Gasteiger partial charge in [0.1, 0.15) is 10.8 Å². The third-order valence-corrected chi connectivity index (χ3v) is 6.52. The standard InChI is InChI=1S/C23H22Br2ClN3O5/c1-5-18-28-16-7-6-14(24)9-15(16)23(31)29(18)27-10-13-8-17(32-4)22(21(26)20(13)25)33-11-19(30)34-12(2)3/h6-10,12H,5,11H2,1-4H3. The maximum atomic E-state index is 13.1. The van der Waals surface area contributed by atoms with Crippen molar-refractivity contribution in [1.29, 1.82) is 0 Å². The summed E-state index contributed by atoms with van der Waals surface area (Å²) in [6.45, 7) is 5.05. The summed E-state index contributed by atoms with van der Waals surface area (Å²) in [5, 5.41) is 5.01. The molecule has 0 aliphatic carbocycles. The molecule has 0 unspecified atom stereocenters. The summed E-state index contributed by atoms with van der Waals surface area (Å²) >= 11 is 13.3. The first-order valence-corrected chi connectivity index (χ1v) is 12.3. The Balaban J connectivity index is 2.00. The fraction of sp³-hybridized carbons (Fsp3) is 0.304. The van der Waals surface area contributed by atoms with Gasteiger partial charge in [-0.1, -0.05) is 34.5 Å². The van der Waals surface area contributed by atoms with Crippen LogP contribution in [0.15, 0.2) is 43.1 Å². The Morgan fingerprint density at radius 1 is 1.29 bits per heavy atom. The fourth-order valence-corrected chi connectivity index (χ4v) is 4.09. The van der Waals surface area contributed by atoms with E-state index in [2.05, 4.69) is 41.9 Å². The van der Waals surface area contributed by atoms with Crippen LogP contribution in [-0.4, -0.2) is 41.7 Å². The van der Waals surface area contributed by atoms with Gasteiger partial charge in [-0.15, -0.1) is 0 Å². The molecule has 0 aliphatic rings. The predicted octanol–water partition coefficient (Wildman–Crippen LogP) is 5.36. The van der Waals surface area contributed by atoms with Gasteiger partial charge in [0.25, 0.3) is 5.56 Å². The van der Waals surface area contributed by atoms with Crippen LogP contribution in [-0.2, 0) is 16.0 Å². The molecular formula is C23H22Br2ClN3O5. The van der Waals surface area contributed by atoms with Crippen LogP contribution in [0.5, 0.6) is 11.5 Å². The number of esters is 1. The van der Waals surface area contributed by atoms with Gasteiger partial charge >= 0.3 is 5.97 Å². The molecule has 0 spiro atoms. The molecule has 1 heterocycles. The summed E-state index contributed by atoms with van der Waals surface area (Å²) in [5.74, 6) is 0.443. The number of hydrogen-bond donors (Lipinski definition) is 0. The molecule has 0 radical (unpaired) electrons. The lowest BCUT2D eigenvalue weighted by Crippen LogP contribution is -2.22. The number of methoxy groups -OCH3 is 1. The summed E-state index contributed by atoms with van der Waals surface area (Å²) in [6, 6.07) is 6.96. The summed E-state index contributed by atoms with van der Waals surface area (Å²) in [5.41, 5.74) is 0.833. The van der Waals surface area contributed by atoms with Crippen molar-refractivity contribution in [1.82, 2.24) is 9.66 Å². The normalized spacial score (nSPS) is 11.4. The summed E-state index contributed by atoms with van der Waals surface area (Å²) in [4.78, 5) is 29.5. The number of fused-ring (bicyclic) bond motifs is 1. The quantitative estimate of drug-likeness (QED) is 0.250. The number of halogens is 3. The van der Waals surface area contributed by atoms with Crippen LogP contribution in [0.4, 0.5) is 0 Å². The van der Waals surface area contributed by atoms with Crippen molar-refractivity contribution < 1.29 is 19.0 Å². The number of carbonyl (C=O) groups is 1. The molecule has 0 saturated heterocycles. The van der Waals surface area contributed by atoms with Crippen LogP contribution in [0.1, 0.15) is 32.2 Å². The van der Waals surface area contributed by atoms with Crippen LogP contribution in [0.3, 0.4) is 0 Å². The fourth-order valence-electron chi connectivity index (χ4n) is 3.08. The van der Waals surface area contributed by atoms with Crippen molar-refractivity contribution in [2.45, 2.75) is 33.3 Å². The summed E-state index contributed by atoms with van der Waals surface area (Å²) in [6.07, 6.45) is 1.71. The first-order valence-electron chi connectivity index (χ1n) is 10.3. The van der Waals surface area contributed by atoms with Crippen molar-refractivity contribution in [3.05, 3.63) is 60.0 Å². The average molecular weight is 616 g/mol. The number of ether oxygens (including phenoxy) is 3. The molecule has 0 fully saturated rings. The Hall–Kier alpha value is -2.43. The highest BCUT2D eigenvalue weighted by atomic mass is 79.9. The van der Waals surface area contributed by atoms with Gasteiger partial charge in [0.2, 0.25) is 0 Å². The highest BCUT2D eigenvalue weighted by molar-refractivity contribution is 9.10. The van der Waals surface area contributed by atoms with E-state index in [0.717, 1.165) is 4.47 Å². The molecule has 180 valence electrons. The second-order valence-corrected chi connectivity index (χ2v) is 9.44. The molecule has 0 saturated carbocycles. The second-order valence-electron chi connectivity index (χ2n) is 7.36. The third kappa shape index (κ3) is 5.79. The first kappa shape index (κ1) is 26.2. The van der Waals surface area contributed by atoms with Crippen molar-refractivity contribution in [3.8, 4) is 11.5 Å². The smallest absolute Gasteiger partial charge is 0.344 e. The number of rotatable bonds is 8. The topological polar surface area (TPSA) is 92.0 Å². The van der Waals surface area contributed by atoms with Gasteiger partial charge in [-0.05, 0) is 54.0 Å². The van der Waals surface area contributed by atoms with E-state index >= 15 is 0 Å². The van der Waals surface area contributed by atoms with Crippen molar-refractivity contribution in [3.63, 3.8) is 0 Å². The molecule has 0 amide bonds. The van der Waals surface area contributed by atoms with E-state index in [1.165, 1.54) is 18.0 Å². The van der Waals surface area contributed by atoms with Gasteiger partial charge < -0.3 is 14.2 Å². The number of aromatic nitrogens is 2. The number of carbonyl (C=O) groups excluding carboxylic acids is 1. The molecule has 0 bridgehead atoms. The lowest BCUT2D eigenvalue weighted by Gasteiger charge is -2.15. The highest BCUT2D eigenvalue weighted by Gasteiger charge is 2.19. The van der Waals surface area contributed by atoms with Gasteiger partial charge in [-0.25, -0.2) is 9.78 Å². The number of nitrogens with zero attached hydrogens (tertiary/aromatic N) is 3. The molecule has 0 aliphatic heterocycles. The van der Waals surface area contributed by atoms with E-state index < -0.39 is 5.97 Å². The number of benzene rings is 2. The Bertz CT molecular complexity index is 1320. The van der Waals surface area contributed by atoms with Crippen molar-refractivity contribution in [2.75, 3.05) is 13.7 Å². The Morgan fingerprint density at radius 3 is 2.68 bits per heavy atom. The van der Waals surface area contributed by atoms with Crippen LogP contribution < -0.4 is 15.0 Å². The molecule has 8 nitrogen and oxygen atoms in total. The van der Waals surface area contributed by atoms with E-state index in [1.807, 2.05) is 13.0 Å². The molecule has 3 aromatic rings. The monoisotopic (exact) mass is 613 g/mol. The van der Waals surface area contributed by atoms with E-state index in [4.69, 9.17) is 25.8 Å². The minimum Gasteiger partial charge on any atom is -0.493 e. The van der Waals surface area contributed by atoms with Crippen molar-refractivity contribution >= 4 is 66.5 Å². The van der Waals surface area contributed by atoms with E-state index in [1.54, 1.807) is 32.0 Å². The van der Waals surface area contributed by atoms with Gasteiger partial charge in [0, 0.05) is 20.9 Å². The number of aryl methyl sites for hydroxylation is 1. The van der Waals surface area contributed by atoms with Crippen LogP contribution in [0, 0.1) is 0 Å². The van der Waals surface area contributed by atoms with E-state index in [0.29, 0.717) is 33.2 Å². The predicted molar refractivity (Wildman–Crippen MR) is 138 cm³/mol. The molecule has 2 aromatic carbocycles. The first-order chi connectivity index (χ1) is 16.2. The van der Waals surface area contributed by atoms with Gasteiger partial charge in [0.05, 0.1) is 30.3 Å². The second kappa shape index (κ2) is 11.3. The maximum absolute atomic E-state index is 13.1. The molecule has 3 rings (SSSR count).